The van der Waals surface area contributed by atoms with Crippen LogP contribution < -0.4 is 0 Å². The maximum absolute atomic E-state index is 12.7. The summed E-state index contributed by atoms with van der Waals surface area (Å²) in [7, 11) is 1.52. The Morgan fingerprint density at radius 2 is 1.69 bits per heavy atom. The smallest absolute Gasteiger partial charge is 0.277 e. The maximum atomic E-state index is 12.7. The molecule has 6 heteroatoms. The molecule has 0 unspecified atom stereocenters. The molecule has 1 aliphatic heterocycles. The molecule has 0 fully saturated rings. The third-order valence-corrected chi connectivity index (χ3v) is 4.77. The van der Waals surface area contributed by atoms with Crippen LogP contribution in [0.25, 0.3) is 5.57 Å². The van der Waals surface area contributed by atoms with Crippen LogP contribution >= 0.6 is 11.6 Å². The molecular weight excluding hydrogens is 350 g/mol. The molecule has 0 saturated carbocycles. The van der Waals surface area contributed by atoms with Crippen molar-refractivity contribution in [2.75, 3.05) is 20.1 Å². The Bertz CT molecular complexity index is 847. The lowest BCUT2D eigenvalue weighted by Crippen LogP contribution is -2.33. The first-order valence-corrected chi connectivity index (χ1v) is 8.87. The molecule has 1 aromatic carbocycles. The zero-order valence-electron chi connectivity index (χ0n) is 14.8. The second-order valence-corrected chi connectivity index (χ2v) is 6.52. The van der Waals surface area contributed by atoms with Crippen molar-refractivity contribution in [3.05, 3.63) is 70.6 Å². The molecule has 0 aliphatic carbocycles. The quantitative estimate of drug-likeness (QED) is 0.734. The van der Waals surface area contributed by atoms with Gasteiger partial charge in [-0.3, -0.25) is 19.5 Å². The number of amides is 2. The lowest BCUT2D eigenvalue weighted by atomic mass is 10.0. The van der Waals surface area contributed by atoms with E-state index in [1.165, 1.54) is 11.9 Å². The molecule has 26 heavy (non-hydrogen) atoms. The van der Waals surface area contributed by atoms with Crippen LogP contribution in [-0.4, -0.2) is 46.7 Å². The number of carbonyl (C=O) groups is 2. The number of carbonyl (C=O) groups excluding carboxylic acids is 2. The minimum absolute atomic E-state index is 0.267. The molecule has 0 bridgehead atoms. The Morgan fingerprint density at radius 3 is 2.31 bits per heavy atom. The summed E-state index contributed by atoms with van der Waals surface area (Å²) < 4.78 is 0. The first-order valence-electron chi connectivity index (χ1n) is 8.49. The van der Waals surface area contributed by atoms with Crippen LogP contribution in [-0.2, 0) is 16.0 Å². The average Bonchev–Trinajstić information content (AvgIpc) is 2.88. The summed E-state index contributed by atoms with van der Waals surface area (Å²) in [6, 6.07) is 10.9. The van der Waals surface area contributed by atoms with Crippen molar-refractivity contribution in [2.24, 2.45) is 0 Å². The minimum Gasteiger partial charge on any atom is -0.366 e. The van der Waals surface area contributed by atoms with Gasteiger partial charge in [0.2, 0.25) is 0 Å². The molecule has 2 aromatic rings. The van der Waals surface area contributed by atoms with Crippen molar-refractivity contribution in [1.29, 1.82) is 0 Å². The molecule has 1 aliphatic rings. The number of imide groups is 1. The number of rotatable bonds is 6. The van der Waals surface area contributed by atoms with Gasteiger partial charge in [-0.15, -0.1) is 0 Å². The summed E-state index contributed by atoms with van der Waals surface area (Å²) in [4.78, 5) is 32.6. The zero-order valence-corrected chi connectivity index (χ0v) is 15.5. The van der Waals surface area contributed by atoms with Gasteiger partial charge < -0.3 is 4.90 Å². The van der Waals surface area contributed by atoms with E-state index in [1.807, 2.05) is 24.0 Å². The Balaban J connectivity index is 1.96. The van der Waals surface area contributed by atoms with Crippen molar-refractivity contribution in [3.8, 4) is 0 Å². The fourth-order valence-electron chi connectivity index (χ4n) is 3.04. The zero-order chi connectivity index (χ0) is 18.7. The van der Waals surface area contributed by atoms with E-state index in [2.05, 4.69) is 4.98 Å². The van der Waals surface area contributed by atoms with Gasteiger partial charge in [0.1, 0.15) is 5.70 Å². The summed E-state index contributed by atoms with van der Waals surface area (Å²) in [5, 5.41) is 0.589. The predicted molar refractivity (Wildman–Crippen MR) is 101 cm³/mol. The van der Waals surface area contributed by atoms with E-state index in [9.17, 15) is 9.59 Å². The highest BCUT2D eigenvalue weighted by Gasteiger charge is 2.38. The topological polar surface area (TPSA) is 53.5 Å². The molecule has 2 heterocycles. The van der Waals surface area contributed by atoms with Gasteiger partial charge in [0.05, 0.1) is 5.57 Å². The molecule has 1 aromatic heterocycles. The van der Waals surface area contributed by atoms with Crippen molar-refractivity contribution in [1.82, 2.24) is 14.8 Å². The van der Waals surface area contributed by atoms with Crippen LogP contribution in [0.1, 0.15) is 18.1 Å². The third-order valence-electron chi connectivity index (χ3n) is 4.51. The van der Waals surface area contributed by atoms with Crippen LogP contribution in [0.4, 0.5) is 0 Å². The van der Waals surface area contributed by atoms with Gasteiger partial charge >= 0.3 is 0 Å². The molecule has 0 N–H and O–H groups in total. The summed E-state index contributed by atoms with van der Waals surface area (Å²) in [5.74, 6) is -0.550. The van der Waals surface area contributed by atoms with E-state index in [0.717, 1.165) is 12.0 Å². The highest BCUT2D eigenvalue weighted by atomic mass is 35.5. The lowest BCUT2D eigenvalue weighted by Gasteiger charge is -2.24. The molecular formula is C20H20ClN3O2. The van der Waals surface area contributed by atoms with Crippen LogP contribution in [0.5, 0.6) is 0 Å². The summed E-state index contributed by atoms with van der Waals surface area (Å²) in [5.41, 5.74) is 2.73. The third kappa shape index (κ3) is 3.48. The van der Waals surface area contributed by atoms with Crippen LogP contribution in [0.2, 0.25) is 5.02 Å². The molecule has 3 rings (SSSR count). The van der Waals surface area contributed by atoms with Gasteiger partial charge in [-0.25, -0.2) is 0 Å². The fourth-order valence-corrected chi connectivity index (χ4v) is 3.16. The SMILES string of the molecule is CCN(CCc1ccncc1)C1=C(c2ccc(Cl)cc2)C(=O)N(C)C1=O. The number of hydrogen-bond acceptors (Lipinski definition) is 4. The van der Waals surface area contributed by atoms with E-state index in [1.54, 1.807) is 36.7 Å². The summed E-state index contributed by atoms with van der Waals surface area (Å²) in [6.07, 6.45) is 4.27. The number of likely N-dealkylation sites (N-methyl/N-ethyl adjacent to an activating group) is 2. The number of halogens is 1. The first kappa shape index (κ1) is 18.1. The molecule has 134 valence electrons. The van der Waals surface area contributed by atoms with Crippen LogP contribution in [0, 0.1) is 0 Å². The fraction of sp³-hybridized carbons (Fsp3) is 0.250. The highest BCUT2D eigenvalue weighted by molar-refractivity contribution is 6.35. The summed E-state index contributed by atoms with van der Waals surface area (Å²) in [6.45, 7) is 3.25. The van der Waals surface area contributed by atoms with Gasteiger partial charge in [0, 0.05) is 37.6 Å². The van der Waals surface area contributed by atoms with Gasteiger partial charge in [-0.05, 0) is 48.7 Å². The average molecular weight is 370 g/mol. The molecule has 0 spiro atoms. The van der Waals surface area contributed by atoms with E-state index in [4.69, 9.17) is 11.6 Å². The Hall–Kier alpha value is -2.66. The normalized spacial score (nSPS) is 14.3. The maximum Gasteiger partial charge on any atom is 0.277 e. The largest absolute Gasteiger partial charge is 0.366 e. The monoisotopic (exact) mass is 369 g/mol. The number of aromatic nitrogens is 1. The van der Waals surface area contributed by atoms with E-state index in [0.29, 0.717) is 34.9 Å². The predicted octanol–water partition coefficient (Wildman–Crippen LogP) is 3.01. The number of nitrogens with zero attached hydrogens (tertiary/aromatic N) is 3. The molecule has 0 radical (unpaired) electrons. The Labute approximate surface area is 157 Å². The number of pyridine rings is 1. The lowest BCUT2D eigenvalue weighted by molar-refractivity contribution is -0.135. The van der Waals surface area contributed by atoms with E-state index < -0.39 is 0 Å². The molecule has 2 amide bonds. The first-order chi connectivity index (χ1) is 12.5. The van der Waals surface area contributed by atoms with Crippen molar-refractivity contribution in [3.63, 3.8) is 0 Å². The minimum atomic E-state index is -0.283. The molecule has 0 saturated heterocycles. The standard InChI is InChI=1S/C20H20ClN3O2/c1-3-24(13-10-14-8-11-22-12-9-14)18-17(19(25)23(2)20(18)26)15-4-6-16(21)7-5-15/h4-9,11-12H,3,10,13H2,1-2H3. The Kier molecular flexibility index (Phi) is 5.38. The van der Waals surface area contributed by atoms with Crippen molar-refractivity contribution in [2.45, 2.75) is 13.3 Å². The van der Waals surface area contributed by atoms with Crippen LogP contribution in [0.3, 0.4) is 0 Å². The highest BCUT2D eigenvalue weighted by Crippen LogP contribution is 2.31. The van der Waals surface area contributed by atoms with Gasteiger partial charge in [0.25, 0.3) is 11.8 Å². The van der Waals surface area contributed by atoms with Gasteiger partial charge in [-0.1, -0.05) is 23.7 Å². The number of benzene rings is 1. The van der Waals surface area contributed by atoms with E-state index in [-0.39, 0.29) is 11.8 Å². The number of hydrogen-bond donors (Lipinski definition) is 0. The van der Waals surface area contributed by atoms with Gasteiger partial charge in [-0.2, -0.15) is 0 Å². The second-order valence-electron chi connectivity index (χ2n) is 6.08. The van der Waals surface area contributed by atoms with Crippen LogP contribution in [0.15, 0.2) is 54.5 Å². The van der Waals surface area contributed by atoms with Crippen molar-refractivity contribution >= 4 is 29.0 Å². The Morgan fingerprint density at radius 1 is 1.04 bits per heavy atom. The van der Waals surface area contributed by atoms with Gasteiger partial charge in [0.15, 0.2) is 0 Å². The second kappa shape index (κ2) is 7.70. The molecule has 5 nitrogen and oxygen atoms in total. The van der Waals surface area contributed by atoms with Crippen molar-refractivity contribution < 1.29 is 9.59 Å². The van der Waals surface area contributed by atoms with E-state index >= 15 is 0 Å². The molecule has 0 atom stereocenters. The summed E-state index contributed by atoms with van der Waals surface area (Å²) >= 11 is 5.96.